The summed E-state index contributed by atoms with van der Waals surface area (Å²) in [5, 5.41) is 12.3. The summed E-state index contributed by atoms with van der Waals surface area (Å²) in [6.07, 6.45) is 1.73. The van der Waals surface area contributed by atoms with Gasteiger partial charge in [0.2, 0.25) is 5.91 Å². The number of hydrogen-bond acceptors (Lipinski definition) is 5. The number of fused-ring (bicyclic) bond motifs is 3. The van der Waals surface area contributed by atoms with Crippen LogP contribution in [0.5, 0.6) is 0 Å². The first-order valence-corrected chi connectivity index (χ1v) is 12.2. The van der Waals surface area contributed by atoms with E-state index in [9.17, 15) is 19.5 Å². The van der Waals surface area contributed by atoms with Gasteiger partial charge in [0.25, 0.3) is 0 Å². The SMILES string of the molecule is O=C(NCC(CC(=O)N1CCOCC1C(=O)O)C1CC1)OCC1c2ccccc2-c2ccccc21. The molecule has 2 unspecified atom stereocenters. The van der Waals surface area contributed by atoms with E-state index in [-0.39, 0.29) is 43.9 Å². The van der Waals surface area contributed by atoms with Gasteiger partial charge in [-0.3, -0.25) is 4.79 Å². The monoisotopic (exact) mass is 478 g/mol. The fraction of sp³-hybridized carbons (Fsp3) is 0.444. The number of hydrogen-bond donors (Lipinski definition) is 2. The lowest BCUT2D eigenvalue weighted by molar-refractivity contribution is -0.158. The van der Waals surface area contributed by atoms with Crippen LogP contribution in [0.1, 0.15) is 36.3 Å². The van der Waals surface area contributed by atoms with E-state index in [0.29, 0.717) is 19.1 Å². The average molecular weight is 479 g/mol. The summed E-state index contributed by atoms with van der Waals surface area (Å²) in [5.41, 5.74) is 4.65. The zero-order valence-corrected chi connectivity index (χ0v) is 19.5. The molecule has 5 rings (SSSR count). The Morgan fingerprint density at radius 3 is 2.34 bits per heavy atom. The molecule has 1 aliphatic heterocycles. The number of nitrogens with zero attached hydrogens (tertiary/aromatic N) is 1. The summed E-state index contributed by atoms with van der Waals surface area (Å²) < 4.78 is 10.9. The van der Waals surface area contributed by atoms with E-state index in [0.717, 1.165) is 24.0 Å². The molecule has 35 heavy (non-hydrogen) atoms. The van der Waals surface area contributed by atoms with Crippen molar-refractivity contribution >= 4 is 18.0 Å². The maximum atomic E-state index is 12.9. The van der Waals surface area contributed by atoms with Gasteiger partial charge in [0.1, 0.15) is 6.61 Å². The van der Waals surface area contributed by atoms with Crippen molar-refractivity contribution in [3.63, 3.8) is 0 Å². The van der Waals surface area contributed by atoms with Crippen LogP contribution in [0.25, 0.3) is 11.1 Å². The Kier molecular flexibility index (Phi) is 6.72. The van der Waals surface area contributed by atoms with Crippen molar-refractivity contribution in [3.8, 4) is 11.1 Å². The standard InChI is InChI=1S/C27H30N2O6/c30-25(29-11-12-34-16-24(29)26(31)32)13-18(17-9-10-17)14-28-27(33)35-15-23-21-7-3-1-5-19(21)20-6-2-4-8-22(20)23/h1-8,17-18,23-24H,9-16H2,(H,28,33)(H,31,32). The van der Waals surface area contributed by atoms with E-state index in [1.165, 1.54) is 16.0 Å². The molecule has 2 aliphatic carbocycles. The van der Waals surface area contributed by atoms with Gasteiger partial charge in [-0.05, 0) is 46.9 Å². The van der Waals surface area contributed by atoms with E-state index in [4.69, 9.17) is 9.47 Å². The quantitative estimate of drug-likeness (QED) is 0.604. The minimum atomic E-state index is -1.06. The van der Waals surface area contributed by atoms with Crippen LogP contribution in [0.3, 0.4) is 0 Å². The predicted octanol–water partition coefficient (Wildman–Crippen LogP) is 3.25. The summed E-state index contributed by atoms with van der Waals surface area (Å²) in [6, 6.07) is 15.4. The normalized spacial score (nSPS) is 20.0. The fourth-order valence-electron chi connectivity index (χ4n) is 5.29. The van der Waals surface area contributed by atoms with E-state index < -0.39 is 18.1 Å². The lowest BCUT2D eigenvalue weighted by Gasteiger charge is -2.34. The van der Waals surface area contributed by atoms with Crippen LogP contribution in [0.4, 0.5) is 4.79 Å². The van der Waals surface area contributed by atoms with Crippen molar-refractivity contribution in [3.05, 3.63) is 59.7 Å². The number of benzene rings is 2. The van der Waals surface area contributed by atoms with Crippen LogP contribution in [-0.4, -0.2) is 66.9 Å². The van der Waals surface area contributed by atoms with Gasteiger partial charge >= 0.3 is 12.1 Å². The number of carbonyl (C=O) groups is 3. The van der Waals surface area contributed by atoms with Crippen LogP contribution in [0, 0.1) is 11.8 Å². The molecule has 0 spiro atoms. The third kappa shape index (κ3) is 5.03. The van der Waals surface area contributed by atoms with Crippen LogP contribution >= 0.6 is 0 Å². The molecule has 1 saturated carbocycles. The second-order valence-corrected chi connectivity index (χ2v) is 9.52. The van der Waals surface area contributed by atoms with Gasteiger partial charge in [-0.2, -0.15) is 0 Å². The van der Waals surface area contributed by atoms with E-state index in [1.54, 1.807) is 0 Å². The Bertz CT molecular complexity index is 1070. The summed E-state index contributed by atoms with van der Waals surface area (Å²) in [7, 11) is 0. The lowest BCUT2D eigenvalue weighted by atomic mass is 9.98. The molecule has 2 amide bonds. The van der Waals surface area contributed by atoms with Crippen molar-refractivity contribution in [2.75, 3.05) is 32.9 Å². The Morgan fingerprint density at radius 2 is 1.71 bits per heavy atom. The van der Waals surface area contributed by atoms with Crippen molar-refractivity contribution in [1.82, 2.24) is 10.2 Å². The summed E-state index contributed by atoms with van der Waals surface area (Å²) in [6.45, 7) is 1.18. The van der Waals surface area contributed by atoms with E-state index in [1.807, 2.05) is 24.3 Å². The number of rotatable bonds is 8. The van der Waals surface area contributed by atoms with Gasteiger partial charge in [-0.15, -0.1) is 0 Å². The van der Waals surface area contributed by atoms with E-state index >= 15 is 0 Å². The summed E-state index contributed by atoms with van der Waals surface area (Å²) in [5.74, 6) is -0.953. The highest BCUT2D eigenvalue weighted by Crippen LogP contribution is 2.44. The Hall–Kier alpha value is -3.39. The average Bonchev–Trinajstić information content (AvgIpc) is 3.68. The number of carbonyl (C=O) groups excluding carboxylic acids is 2. The number of nitrogens with one attached hydrogen (secondary N) is 1. The van der Waals surface area contributed by atoms with Gasteiger partial charge < -0.3 is 24.8 Å². The molecule has 2 N–H and O–H groups in total. The molecule has 3 aliphatic rings. The zero-order chi connectivity index (χ0) is 24.4. The van der Waals surface area contributed by atoms with Crippen molar-refractivity contribution in [2.45, 2.75) is 31.2 Å². The lowest BCUT2D eigenvalue weighted by Crippen LogP contribution is -2.53. The minimum Gasteiger partial charge on any atom is -0.480 e. The Morgan fingerprint density at radius 1 is 1.06 bits per heavy atom. The first-order valence-electron chi connectivity index (χ1n) is 12.2. The second kappa shape index (κ2) is 10.1. The van der Waals surface area contributed by atoms with Crippen LogP contribution in [0.15, 0.2) is 48.5 Å². The minimum absolute atomic E-state index is 0.00711. The molecule has 2 aromatic carbocycles. The zero-order valence-electron chi connectivity index (χ0n) is 19.5. The smallest absolute Gasteiger partial charge is 0.407 e. The van der Waals surface area contributed by atoms with Crippen molar-refractivity contribution in [2.24, 2.45) is 11.8 Å². The molecule has 0 bridgehead atoms. The maximum Gasteiger partial charge on any atom is 0.407 e. The van der Waals surface area contributed by atoms with Gasteiger partial charge in [0.15, 0.2) is 6.04 Å². The Balaban J connectivity index is 1.16. The maximum absolute atomic E-state index is 12.9. The van der Waals surface area contributed by atoms with Gasteiger partial charge in [-0.1, -0.05) is 48.5 Å². The molecule has 0 radical (unpaired) electrons. The number of carboxylic acids is 1. The highest BCUT2D eigenvalue weighted by Gasteiger charge is 2.38. The first kappa shape index (κ1) is 23.4. The fourth-order valence-corrected chi connectivity index (χ4v) is 5.29. The molecule has 1 saturated heterocycles. The summed E-state index contributed by atoms with van der Waals surface area (Å²) >= 11 is 0. The molecule has 8 heteroatoms. The van der Waals surface area contributed by atoms with Crippen LogP contribution < -0.4 is 5.32 Å². The predicted molar refractivity (Wildman–Crippen MR) is 128 cm³/mol. The molecule has 8 nitrogen and oxygen atoms in total. The second-order valence-electron chi connectivity index (χ2n) is 9.52. The number of aliphatic carboxylic acids is 1. The number of carboxylic acid groups (broad SMARTS) is 1. The number of alkyl carbamates (subject to hydrolysis) is 1. The topological polar surface area (TPSA) is 105 Å². The molecule has 2 aromatic rings. The van der Waals surface area contributed by atoms with Gasteiger partial charge in [0, 0.05) is 25.4 Å². The van der Waals surface area contributed by atoms with Crippen LogP contribution in [0.2, 0.25) is 0 Å². The summed E-state index contributed by atoms with van der Waals surface area (Å²) in [4.78, 5) is 38.4. The van der Waals surface area contributed by atoms with Crippen molar-refractivity contribution < 1.29 is 29.0 Å². The molecule has 1 heterocycles. The molecular weight excluding hydrogens is 448 g/mol. The highest BCUT2D eigenvalue weighted by molar-refractivity contribution is 5.84. The Labute approximate surface area is 204 Å². The van der Waals surface area contributed by atoms with E-state index in [2.05, 4.69) is 29.6 Å². The van der Waals surface area contributed by atoms with Crippen LogP contribution in [-0.2, 0) is 19.1 Å². The molecule has 0 aromatic heterocycles. The van der Waals surface area contributed by atoms with Crippen molar-refractivity contribution in [1.29, 1.82) is 0 Å². The third-order valence-corrected chi connectivity index (χ3v) is 7.31. The number of ether oxygens (including phenoxy) is 2. The van der Waals surface area contributed by atoms with Gasteiger partial charge in [0.05, 0.1) is 13.2 Å². The molecule has 2 fully saturated rings. The highest BCUT2D eigenvalue weighted by atomic mass is 16.5. The largest absolute Gasteiger partial charge is 0.480 e. The van der Waals surface area contributed by atoms with Gasteiger partial charge in [-0.25, -0.2) is 9.59 Å². The molecule has 184 valence electrons. The molecular formula is C27H30N2O6. The number of morpholine rings is 1. The molecule has 2 atom stereocenters. The third-order valence-electron chi connectivity index (χ3n) is 7.31. The first-order chi connectivity index (χ1) is 17.0. The number of amides is 2.